The van der Waals surface area contributed by atoms with Gasteiger partial charge in [-0.05, 0) is 101 Å². The van der Waals surface area contributed by atoms with Crippen molar-refractivity contribution < 1.29 is 4.79 Å². The molecule has 3 aliphatic heterocycles. The Balaban J connectivity index is 0.00000200. The van der Waals surface area contributed by atoms with Crippen molar-refractivity contribution in [3.63, 3.8) is 0 Å². The number of hydrogen-bond donors (Lipinski definition) is 1. The summed E-state index contributed by atoms with van der Waals surface area (Å²) in [5.74, 6) is 0.559. The standard InChI is InChI=1S/C30H39Cl2N3O.2ClH/c31-26-11-10-25(21-27(26)32)30(14-5-16-33-22-30)15-6-17-34-19-12-24(13-20-34)29(36)35-18-4-9-28(35)23-7-2-1-3-8-23;;/h1-3,7-8,10-11,21,24,28,33H,4-6,9,12-20,22H2;2*1H. The lowest BCUT2D eigenvalue weighted by atomic mass is 9.71. The summed E-state index contributed by atoms with van der Waals surface area (Å²) < 4.78 is 0. The summed E-state index contributed by atoms with van der Waals surface area (Å²) in [5.41, 5.74) is 2.73. The minimum Gasteiger partial charge on any atom is -0.335 e. The molecule has 1 amide bonds. The highest BCUT2D eigenvalue weighted by Gasteiger charge is 2.36. The second-order valence-electron chi connectivity index (χ2n) is 11.0. The Morgan fingerprint density at radius 3 is 2.39 bits per heavy atom. The Hall–Kier alpha value is -1.01. The van der Waals surface area contributed by atoms with Crippen LogP contribution in [0, 0.1) is 5.92 Å². The maximum atomic E-state index is 13.4. The van der Waals surface area contributed by atoms with Crippen molar-refractivity contribution in [3.05, 3.63) is 69.7 Å². The van der Waals surface area contributed by atoms with Crippen molar-refractivity contribution in [1.29, 1.82) is 0 Å². The lowest BCUT2D eigenvalue weighted by Gasteiger charge is -2.40. The van der Waals surface area contributed by atoms with Crippen LogP contribution in [0.1, 0.15) is 68.5 Å². The first kappa shape index (κ1) is 31.5. The van der Waals surface area contributed by atoms with E-state index >= 15 is 0 Å². The van der Waals surface area contributed by atoms with Gasteiger partial charge in [-0.15, -0.1) is 24.8 Å². The normalized spacial score (nSPS) is 24.5. The maximum Gasteiger partial charge on any atom is 0.226 e. The van der Waals surface area contributed by atoms with Gasteiger partial charge in [0.1, 0.15) is 0 Å². The van der Waals surface area contributed by atoms with Crippen LogP contribution < -0.4 is 5.32 Å². The van der Waals surface area contributed by atoms with Crippen LogP contribution in [-0.2, 0) is 10.2 Å². The van der Waals surface area contributed by atoms with Gasteiger partial charge in [-0.3, -0.25) is 4.79 Å². The van der Waals surface area contributed by atoms with Crippen LogP contribution in [0.25, 0.3) is 0 Å². The number of nitrogens with one attached hydrogen (secondary N) is 1. The molecule has 3 aliphatic rings. The van der Waals surface area contributed by atoms with Gasteiger partial charge in [0, 0.05) is 24.4 Å². The van der Waals surface area contributed by atoms with Crippen molar-refractivity contribution in [2.24, 2.45) is 5.92 Å². The molecule has 2 atom stereocenters. The molecule has 38 heavy (non-hydrogen) atoms. The third kappa shape index (κ3) is 7.19. The molecule has 0 aliphatic carbocycles. The highest BCUT2D eigenvalue weighted by Crippen LogP contribution is 2.39. The van der Waals surface area contributed by atoms with Gasteiger partial charge in [0.15, 0.2) is 0 Å². The van der Waals surface area contributed by atoms with E-state index in [1.807, 2.05) is 6.07 Å². The number of rotatable bonds is 7. The molecule has 0 aromatic heterocycles. The van der Waals surface area contributed by atoms with Crippen LogP contribution in [0.2, 0.25) is 10.0 Å². The molecule has 0 radical (unpaired) electrons. The van der Waals surface area contributed by atoms with Crippen LogP contribution >= 0.6 is 48.0 Å². The van der Waals surface area contributed by atoms with Gasteiger partial charge in [-0.1, -0.05) is 59.6 Å². The summed E-state index contributed by atoms with van der Waals surface area (Å²) in [5, 5.41) is 4.90. The second-order valence-corrected chi connectivity index (χ2v) is 11.8. The van der Waals surface area contributed by atoms with E-state index in [1.54, 1.807) is 0 Å². The molecule has 3 heterocycles. The van der Waals surface area contributed by atoms with Gasteiger partial charge in [-0.25, -0.2) is 0 Å². The highest BCUT2D eigenvalue weighted by atomic mass is 35.5. The largest absolute Gasteiger partial charge is 0.335 e. The number of likely N-dealkylation sites (tertiary alicyclic amines) is 2. The number of halogens is 4. The molecular weight excluding hydrogens is 560 g/mol. The molecule has 2 aromatic rings. The lowest BCUT2D eigenvalue weighted by molar-refractivity contribution is -0.138. The Labute approximate surface area is 250 Å². The summed E-state index contributed by atoms with van der Waals surface area (Å²) in [7, 11) is 0. The van der Waals surface area contributed by atoms with Gasteiger partial charge in [-0.2, -0.15) is 0 Å². The van der Waals surface area contributed by atoms with Crippen LogP contribution in [0.5, 0.6) is 0 Å². The SMILES string of the molecule is Cl.Cl.O=C(C1CCN(CCCC2(c3ccc(Cl)c(Cl)c3)CCCNC2)CC1)N1CCCC1c1ccccc1. The quantitative estimate of drug-likeness (QED) is 0.362. The Kier molecular flexibility index (Phi) is 12.1. The first-order valence-corrected chi connectivity index (χ1v) is 14.6. The van der Waals surface area contributed by atoms with Crippen molar-refractivity contribution in [3.8, 4) is 0 Å². The van der Waals surface area contributed by atoms with Gasteiger partial charge in [0.25, 0.3) is 0 Å². The molecule has 0 spiro atoms. The molecule has 210 valence electrons. The monoisotopic (exact) mass is 599 g/mol. The van der Waals surface area contributed by atoms with Crippen molar-refractivity contribution in [2.75, 3.05) is 39.3 Å². The Bertz CT molecular complexity index is 1020. The molecule has 3 saturated heterocycles. The number of hydrogen-bond acceptors (Lipinski definition) is 3. The molecule has 2 unspecified atom stereocenters. The van der Waals surface area contributed by atoms with E-state index in [0.29, 0.717) is 16.0 Å². The van der Waals surface area contributed by atoms with E-state index in [2.05, 4.69) is 57.6 Å². The molecule has 2 aromatic carbocycles. The molecule has 8 heteroatoms. The van der Waals surface area contributed by atoms with Crippen molar-refractivity contribution in [1.82, 2.24) is 15.1 Å². The summed E-state index contributed by atoms with van der Waals surface area (Å²) in [6.45, 7) is 6.15. The number of benzene rings is 2. The van der Waals surface area contributed by atoms with Gasteiger partial charge >= 0.3 is 0 Å². The summed E-state index contributed by atoms with van der Waals surface area (Å²) in [4.78, 5) is 18.2. The predicted octanol–water partition coefficient (Wildman–Crippen LogP) is 7.31. The number of piperidine rings is 2. The molecule has 4 nitrogen and oxygen atoms in total. The van der Waals surface area contributed by atoms with Crippen molar-refractivity contribution in [2.45, 2.75) is 62.8 Å². The first-order valence-electron chi connectivity index (χ1n) is 13.8. The Morgan fingerprint density at radius 1 is 0.947 bits per heavy atom. The smallest absolute Gasteiger partial charge is 0.226 e. The zero-order chi connectivity index (χ0) is 25.0. The van der Waals surface area contributed by atoms with Gasteiger partial charge < -0.3 is 15.1 Å². The Morgan fingerprint density at radius 2 is 1.71 bits per heavy atom. The lowest BCUT2D eigenvalue weighted by Crippen LogP contribution is -2.45. The zero-order valence-corrected chi connectivity index (χ0v) is 25.2. The topological polar surface area (TPSA) is 35.6 Å². The molecule has 1 N–H and O–H groups in total. The highest BCUT2D eigenvalue weighted by molar-refractivity contribution is 6.42. The van der Waals surface area contributed by atoms with E-state index in [-0.39, 0.29) is 42.2 Å². The van der Waals surface area contributed by atoms with Crippen LogP contribution in [0.4, 0.5) is 0 Å². The molecule has 0 saturated carbocycles. The zero-order valence-electron chi connectivity index (χ0n) is 22.0. The van der Waals surface area contributed by atoms with E-state index in [0.717, 1.165) is 77.8 Å². The van der Waals surface area contributed by atoms with E-state index in [9.17, 15) is 4.79 Å². The predicted molar refractivity (Wildman–Crippen MR) is 163 cm³/mol. The summed E-state index contributed by atoms with van der Waals surface area (Å²) >= 11 is 12.6. The number of nitrogens with zero attached hydrogens (tertiary/aromatic N) is 2. The van der Waals surface area contributed by atoms with Crippen LogP contribution in [0.3, 0.4) is 0 Å². The fraction of sp³-hybridized carbons (Fsp3) is 0.567. The van der Waals surface area contributed by atoms with Gasteiger partial charge in [0.05, 0.1) is 16.1 Å². The number of carbonyl (C=O) groups is 1. The van der Waals surface area contributed by atoms with Crippen LogP contribution in [0.15, 0.2) is 48.5 Å². The molecular formula is C30H41Cl4N3O. The summed E-state index contributed by atoms with van der Waals surface area (Å²) in [6.07, 6.45) is 8.84. The average Bonchev–Trinajstić information content (AvgIpc) is 3.41. The fourth-order valence-electron chi connectivity index (χ4n) is 6.73. The van der Waals surface area contributed by atoms with E-state index < -0.39 is 0 Å². The molecule has 0 bridgehead atoms. The van der Waals surface area contributed by atoms with E-state index in [4.69, 9.17) is 23.2 Å². The van der Waals surface area contributed by atoms with Gasteiger partial charge in [0.2, 0.25) is 5.91 Å². The number of amides is 1. The average molecular weight is 601 g/mol. The molecule has 5 rings (SSSR count). The van der Waals surface area contributed by atoms with Crippen molar-refractivity contribution >= 4 is 53.9 Å². The minimum atomic E-state index is 0. The third-order valence-corrected chi connectivity index (χ3v) is 9.53. The second kappa shape index (κ2) is 14.6. The van der Waals surface area contributed by atoms with E-state index in [1.165, 1.54) is 24.0 Å². The molecule has 3 fully saturated rings. The maximum absolute atomic E-state index is 13.4. The fourth-order valence-corrected chi connectivity index (χ4v) is 7.03. The minimum absolute atomic E-state index is 0. The first-order chi connectivity index (χ1) is 17.6. The third-order valence-electron chi connectivity index (χ3n) is 8.79. The number of carbonyl (C=O) groups excluding carboxylic acids is 1. The summed E-state index contributed by atoms with van der Waals surface area (Å²) in [6, 6.07) is 17.0. The van der Waals surface area contributed by atoms with Crippen LogP contribution in [-0.4, -0.2) is 55.0 Å².